The van der Waals surface area contributed by atoms with E-state index in [0.717, 1.165) is 71.5 Å². The number of thiazole rings is 1. The van der Waals surface area contributed by atoms with E-state index >= 15 is 0 Å². The van der Waals surface area contributed by atoms with Gasteiger partial charge in [-0.25, -0.2) is 15.0 Å². The van der Waals surface area contributed by atoms with E-state index in [4.69, 9.17) is 9.97 Å². The van der Waals surface area contributed by atoms with Crippen LogP contribution in [-0.4, -0.2) is 56.5 Å². The minimum atomic E-state index is 0.0634. The number of rotatable bonds is 3. The number of fused-ring (bicyclic) bond motifs is 2. The zero-order valence-corrected chi connectivity index (χ0v) is 19.3. The number of piperazine rings is 1. The first-order valence-electron chi connectivity index (χ1n) is 11.7. The number of amides is 1. The van der Waals surface area contributed by atoms with Crippen LogP contribution in [0.25, 0.3) is 21.7 Å². The largest absolute Gasteiger partial charge is 0.344 e. The lowest BCUT2D eigenvalue weighted by Crippen LogP contribution is -2.49. The van der Waals surface area contributed by atoms with Gasteiger partial charge in [0.15, 0.2) is 5.13 Å². The first-order valence-corrected chi connectivity index (χ1v) is 12.5. The predicted molar refractivity (Wildman–Crippen MR) is 131 cm³/mol. The highest BCUT2D eigenvalue weighted by atomic mass is 32.1. The second-order valence-corrected chi connectivity index (χ2v) is 9.62. The zero-order chi connectivity index (χ0) is 22.2. The maximum Gasteiger partial charge on any atom is 0.274 e. The molecule has 6 rings (SSSR count). The second-order valence-electron chi connectivity index (χ2n) is 8.66. The van der Waals surface area contributed by atoms with Gasteiger partial charge in [-0.2, -0.15) is 0 Å². The monoisotopic (exact) mass is 458 g/mol. The van der Waals surface area contributed by atoms with Crippen molar-refractivity contribution in [2.75, 3.05) is 31.1 Å². The molecule has 1 fully saturated rings. The van der Waals surface area contributed by atoms with Crippen molar-refractivity contribution in [3.05, 3.63) is 60.0 Å². The molecule has 4 aromatic rings. The van der Waals surface area contributed by atoms with Crippen LogP contribution in [0.1, 0.15) is 35.4 Å². The van der Waals surface area contributed by atoms with E-state index in [-0.39, 0.29) is 5.91 Å². The van der Waals surface area contributed by atoms with E-state index < -0.39 is 0 Å². The number of pyridine rings is 1. The van der Waals surface area contributed by atoms with Crippen LogP contribution in [0.5, 0.6) is 0 Å². The minimum absolute atomic E-state index is 0.0634. The molecule has 1 aromatic carbocycles. The molecule has 0 radical (unpaired) electrons. The zero-order valence-electron chi connectivity index (χ0n) is 18.5. The molecule has 0 atom stereocenters. The van der Waals surface area contributed by atoms with E-state index in [0.29, 0.717) is 18.8 Å². The van der Waals surface area contributed by atoms with Crippen LogP contribution in [0.2, 0.25) is 0 Å². The molecule has 5 heterocycles. The van der Waals surface area contributed by atoms with Gasteiger partial charge in [-0.15, -0.1) is 0 Å². The maximum atomic E-state index is 13.6. The van der Waals surface area contributed by atoms with Crippen LogP contribution in [0.4, 0.5) is 5.13 Å². The Kier molecular flexibility index (Phi) is 5.30. The van der Waals surface area contributed by atoms with Crippen LogP contribution >= 0.6 is 11.3 Å². The fraction of sp³-hybridized carbons (Fsp3) is 0.360. The van der Waals surface area contributed by atoms with E-state index in [2.05, 4.69) is 26.6 Å². The summed E-state index contributed by atoms with van der Waals surface area (Å²) in [6, 6.07) is 14.2. The number of nitrogens with zero attached hydrogens (tertiary/aromatic N) is 6. The van der Waals surface area contributed by atoms with E-state index in [9.17, 15) is 4.79 Å². The normalized spacial score (nSPS) is 16.6. The Hall–Kier alpha value is -3.26. The minimum Gasteiger partial charge on any atom is -0.344 e. The molecular formula is C25H26N6OS. The van der Waals surface area contributed by atoms with Gasteiger partial charge >= 0.3 is 0 Å². The lowest BCUT2D eigenvalue weighted by atomic mass is 10.1. The number of imidazole rings is 1. The third-order valence-corrected chi connectivity index (χ3v) is 7.63. The molecule has 1 amide bonds. The highest BCUT2D eigenvalue weighted by Gasteiger charge is 2.30. The summed E-state index contributed by atoms with van der Waals surface area (Å²) >= 11 is 1.62. The summed E-state index contributed by atoms with van der Waals surface area (Å²) in [6.07, 6.45) is 6.16. The molecule has 2 aliphatic rings. The SMILES string of the molecule is O=C(c1nc(-c2ccccc2)n2c1CCCCC2)N1CCN(c2nc3cccnc3s2)CC1. The van der Waals surface area contributed by atoms with Crippen molar-refractivity contribution in [3.63, 3.8) is 0 Å². The number of benzene rings is 1. The average Bonchev–Trinajstić information content (AvgIpc) is 3.38. The quantitative estimate of drug-likeness (QED) is 0.459. The van der Waals surface area contributed by atoms with Gasteiger partial charge in [-0.05, 0) is 31.4 Å². The van der Waals surface area contributed by atoms with Crippen molar-refractivity contribution < 1.29 is 4.79 Å². The molecule has 7 nitrogen and oxygen atoms in total. The average molecular weight is 459 g/mol. The van der Waals surface area contributed by atoms with Crippen molar-refractivity contribution in [2.24, 2.45) is 0 Å². The third kappa shape index (κ3) is 3.78. The van der Waals surface area contributed by atoms with E-state index in [1.807, 2.05) is 35.2 Å². The molecule has 0 N–H and O–H groups in total. The second kappa shape index (κ2) is 8.59. The van der Waals surface area contributed by atoms with Crippen molar-refractivity contribution in [2.45, 2.75) is 32.2 Å². The number of anilines is 1. The lowest BCUT2D eigenvalue weighted by Gasteiger charge is -2.34. The van der Waals surface area contributed by atoms with Crippen molar-refractivity contribution in [1.29, 1.82) is 0 Å². The van der Waals surface area contributed by atoms with Gasteiger partial charge in [0.1, 0.15) is 21.9 Å². The fourth-order valence-electron chi connectivity index (χ4n) is 4.84. The summed E-state index contributed by atoms with van der Waals surface area (Å²) in [7, 11) is 0. The number of hydrogen-bond acceptors (Lipinski definition) is 6. The Bertz CT molecular complexity index is 1260. The van der Waals surface area contributed by atoms with Crippen molar-refractivity contribution in [1.82, 2.24) is 24.4 Å². The molecule has 2 aliphatic heterocycles. The van der Waals surface area contributed by atoms with Crippen LogP contribution in [0.3, 0.4) is 0 Å². The number of carbonyl (C=O) groups is 1. The van der Waals surface area contributed by atoms with Gasteiger partial charge in [0.25, 0.3) is 5.91 Å². The smallest absolute Gasteiger partial charge is 0.274 e. The number of carbonyl (C=O) groups excluding carboxylic acids is 1. The summed E-state index contributed by atoms with van der Waals surface area (Å²) in [5, 5.41) is 0.984. The van der Waals surface area contributed by atoms with Crippen LogP contribution < -0.4 is 4.90 Å². The van der Waals surface area contributed by atoms with Gasteiger partial charge in [-0.3, -0.25) is 4.79 Å². The maximum absolute atomic E-state index is 13.6. The predicted octanol–water partition coefficient (Wildman–Crippen LogP) is 4.24. The third-order valence-electron chi connectivity index (χ3n) is 6.59. The lowest BCUT2D eigenvalue weighted by molar-refractivity contribution is 0.0740. The number of aromatic nitrogens is 4. The first-order chi connectivity index (χ1) is 16.3. The standard InChI is InChI=1S/C25H26N6OS/c32-24(29-14-16-30(17-15-29)25-27-19-10-7-12-26-23(19)33-25)21-20-11-5-2-6-13-31(20)22(28-21)18-8-3-1-4-9-18/h1,3-4,7-10,12H,2,5-6,11,13-17H2. The molecule has 0 spiro atoms. The van der Waals surface area contributed by atoms with Gasteiger partial charge in [0.2, 0.25) is 0 Å². The molecular weight excluding hydrogens is 432 g/mol. The summed E-state index contributed by atoms with van der Waals surface area (Å²) in [4.78, 5) is 32.9. The highest BCUT2D eigenvalue weighted by molar-refractivity contribution is 7.21. The van der Waals surface area contributed by atoms with Crippen LogP contribution in [0.15, 0.2) is 48.7 Å². The van der Waals surface area contributed by atoms with Crippen molar-refractivity contribution in [3.8, 4) is 11.4 Å². The van der Waals surface area contributed by atoms with E-state index in [1.54, 1.807) is 17.5 Å². The molecule has 8 heteroatoms. The van der Waals surface area contributed by atoms with E-state index in [1.165, 1.54) is 6.42 Å². The summed E-state index contributed by atoms with van der Waals surface area (Å²) in [6.45, 7) is 3.82. The Labute approximate surface area is 196 Å². The summed E-state index contributed by atoms with van der Waals surface area (Å²) < 4.78 is 2.29. The Balaban J connectivity index is 1.24. The highest BCUT2D eigenvalue weighted by Crippen LogP contribution is 2.30. The first kappa shape index (κ1) is 20.4. The molecule has 168 valence electrons. The summed E-state index contributed by atoms with van der Waals surface area (Å²) in [5.41, 5.74) is 3.77. The Morgan fingerprint density at radius 3 is 2.55 bits per heavy atom. The molecule has 0 unspecified atom stereocenters. The molecule has 33 heavy (non-hydrogen) atoms. The number of hydrogen-bond donors (Lipinski definition) is 0. The van der Waals surface area contributed by atoms with Crippen molar-refractivity contribution >= 4 is 32.7 Å². The van der Waals surface area contributed by atoms with Gasteiger partial charge < -0.3 is 14.4 Å². The topological polar surface area (TPSA) is 67.2 Å². The Morgan fingerprint density at radius 1 is 0.879 bits per heavy atom. The fourth-order valence-corrected chi connectivity index (χ4v) is 5.80. The molecule has 0 bridgehead atoms. The van der Waals surface area contributed by atoms with Crippen LogP contribution in [0, 0.1) is 0 Å². The molecule has 3 aromatic heterocycles. The van der Waals surface area contributed by atoms with Crippen LogP contribution in [-0.2, 0) is 13.0 Å². The van der Waals surface area contributed by atoms with Gasteiger partial charge in [-0.1, -0.05) is 48.1 Å². The van der Waals surface area contributed by atoms with Gasteiger partial charge in [0.05, 0.1) is 5.69 Å². The summed E-state index contributed by atoms with van der Waals surface area (Å²) in [5.74, 6) is 0.991. The Morgan fingerprint density at radius 2 is 1.73 bits per heavy atom. The molecule has 0 aliphatic carbocycles. The van der Waals surface area contributed by atoms with Gasteiger partial charge in [0, 0.05) is 44.5 Å². The molecule has 0 saturated carbocycles. The molecule has 1 saturated heterocycles.